The van der Waals surface area contributed by atoms with Gasteiger partial charge in [-0.1, -0.05) is 45.4 Å². The summed E-state index contributed by atoms with van der Waals surface area (Å²) in [5.74, 6) is 1.69. The third kappa shape index (κ3) is 2.93. The van der Waals surface area contributed by atoms with Crippen molar-refractivity contribution in [2.75, 3.05) is 39.3 Å². The predicted octanol–water partition coefficient (Wildman–Crippen LogP) is 3.05. The minimum atomic E-state index is -0.294. The largest absolute Gasteiger partial charge is 0.497 e. The third-order valence-corrected chi connectivity index (χ3v) is 7.56. The van der Waals surface area contributed by atoms with Crippen LogP contribution in [0.2, 0.25) is 0 Å². The number of fused-ring (bicyclic) bond motifs is 1. The molecule has 0 aromatic heterocycles. The lowest BCUT2D eigenvalue weighted by Gasteiger charge is -2.55. The predicted molar refractivity (Wildman–Crippen MR) is 119 cm³/mol. The lowest BCUT2D eigenvalue weighted by Crippen LogP contribution is -2.67. The van der Waals surface area contributed by atoms with Gasteiger partial charge in [0, 0.05) is 43.9 Å². The molecule has 162 valence electrons. The average Bonchev–Trinajstić information content (AvgIpc) is 3.28. The highest BCUT2D eigenvalue weighted by atomic mass is 16.5. The molecular formula is C24H38N2O3. The summed E-state index contributed by atoms with van der Waals surface area (Å²) in [5.41, 5.74) is 2.70. The molecule has 4 aliphatic rings. The van der Waals surface area contributed by atoms with Gasteiger partial charge < -0.3 is 19.8 Å². The van der Waals surface area contributed by atoms with Crippen molar-refractivity contribution < 1.29 is 14.9 Å². The number of benzene rings is 1. The van der Waals surface area contributed by atoms with Crippen LogP contribution in [0.5, 0.6) is 5.75 Å². The average molecular weight is 403 g/mol. The Bertz CT molecular complexity index is 737. The standard InChI is InChI=1S/C21H28N2O2.C2H6.CH4O/c1-4-14-15-6-5-10-23-11-9-21(19(15)23)16-8-7-13(25-3)12-17(16)22(2)20(21)18(14)24;2*1-2/h5-8,12,14-15,18-20,24H,4,9-11H2,1-3H3;1-2H3;2H,1H3. The van der Waals surface area contributed by atoms with E-state index in [1.807, 2.05) is 13.8 Å². The van der Waals surface area contributed by atoms with Crippen LogP contribution in [0.4, 0.5) is 5.69 Å². The van der Waals surface area contributed by atoms with Gasteiger partial charge in [0.15, 0.2) is 0 Å². The normalized spacial score (nSPS) is 36.1. The van der Waals surface area contributed by atoms with E-state index in [2.05, 4.69) is 54.1 Å². The number of likely N-dealkylation sites (N-methyl/N-ethyl adjacent to an activating group) is 1. The molecule has 5 nitrogen and oxygen atoms in total. The first-order valence-corrected chi connectivity index (χ1v) is 11.1. The van der Waals surface area contributed by atoms with Crippen LogP contribution in [0, 0.1) is 11.8 Å². The first-order valence-electron chi connectivity index (χ1n) is 11.1. The fourth-order valence-corrected chi connectivity index (χ4v) is 6.67. The highest BCUT2D eigenvalue weighted by Gasteiger charge is 2.67. The second-order valence-electron chi connectivity index (χ2n) is 8.24. The number of hydrogen-bond acceptors (Lipinski definition) is 5. The Hall–Kier alpha value is -1.56. The second-order valence-corrected chi connectivity index (χ2v) is 8.24. The van der Waals surface area contributed by atoms with E-state index in [1.54, 1.807) is 7.11 Å². The zero-order valence-corrected chi connectivity index (χ0v) is 18.8. The number of aliphatic hydroxyl groups is 2. The number of nitrogens with zero attached hydrogens (tertiary/aromatic N) is 2. The van der Waals surface area contributed by atoms with Crippen molar-refractivity contribution in [2.45, 2.75) is 57.2 Å². The SMILES string of the molecule is CC.CCC1C(O)C2N(C)c3cc(OC)ccc3C23CCN2CC=CC1C23.CO. The number of rotatable bonds is 2. The molecule has 1 aliphatic carbocycles. The van der Waals surface area contributed by atoms with Crippen molar-refractivity contribution >= 4 is 5.69 Å². The second kappa shape index (κ2) is 8.66. The maximum absolute atomic E-state index is 11.4. The van der Waals surface area contributed by atoms with Gasteiger partial charge in [0.1, 0.15) is 5.75 Å². The smallest absolute Gasteiger partial charge is 0.120 e. The molecule has 6 atom stereocenters. The van der Waals surface area contributed by atoms with Crippen LogP contribution in [0.25, 0.3) is 0 Å². The number of hydrogen-bond donors (Lipinski definition) is 2. The first-order chi connectivity index (χ1) is 14.1. The molecule has 3 aliphatic heterocycles. The monoisotopic (exact) mass is 402 g/mol. The summed E-state index contributed by atoms with van der Waals surface area (Å²) >= 11 is 0. The summed E-state index contributed by atoms with van der Waals surface area (Å²) < 4.78 is 5.48. The Labute approximate surface area is 176 Å². The Morgan fingerprint density at radius 1 is 1.21 bits per heavy atom. The third-order valence-electron chi connectivity index (χ3n) is 7.56. The number of methoxy groups -OCH3 is 1. The summed E-state index contributed by atoms with van der Waals surface area (Å²) in [6.45, 7) is 8.41. The zero-order chi connectivity index (χ0) is 21.3. The van der Waals surface area contributed by atoms with Gasteiger partial charge in [-0.3, -0.25) is 4.90 Å². The highest BCUT2D eigenvalue weighted by molar-refractivity contribution is 5.68. The lowest BCUT2D eigenvalue weighted by atomic mass is 9.56. The first kappa shape index (κ1) is 22.1. The summed E-state index contributed by atoms with van der Waals surface area (Å²) in [7, 11) is 4.89. The minimum Gasteiger partial charge on any atom is -0.497 e. The molecule has 2 fully saturated rings. The fraction of sp³-hybridized carbons (Fsp3) is 0.667. The molecule has 6 unspecified atom stereocenters. The summed E-state index contributed by atoms with van der Waals surface area (Å²) in [6.07, 6.45) is 6.60. The van der Waals surface area contributed by atoms with Crippen LogP contribution in [0.3, 0.4) is 0 Å². The topological polar surface area (TPSA) is 56.2 Å². The maximum Gasteiger partial charge on any atom is 0.120 e. The number of anilines is 1. The van der Waals surface area contributed by atoms with Gasteiger partial charge in [0.05, 0.1) is 19.3 Å². The van der Waals surface area contributed by atoms with Crippen LogP contribution in [-0.4, -0.2) is 67.7 Å². The van der Waals surface area contributed by atoms with Crippen LogP contribution in [0.15, 0.2) is 30.4 Å². The van der Waals surface area contributed by atoms with Gasteiger partial charge in [-0.25, -0.2) is 0 Å². The van der Waals surface area contributed by atoms with E-state index in [1.165, 1.54) is 11.3 Å². The number of aliphatic hydroxyl groups excluding tert-OH is 2. The Kier molecular flexibility index (Phi) is 6.61. The minimum absolute atomic E-state index is 0.0386. The number of ether oxygens (including phenoxy) is 1. The summed E-state index contributed by atoms with van der Waals surface area (Å²) in [4.78, 5) is 5.02. The van der Waals surface area contributed by atoms with Crippen LogP contribution < -0.4 is 9.64 Å². The van der Waals surface area contributed by atoms with Crippen LogP contribution in [-0.2, 0) is 5.41 Å². The van der Waals surface area contributed by atoms with Crippen molar-refractivity contribution in [1.29, 1.82) is 0 Å². The molecule has 0 bridgehead atoms. The molecule has 5 heteroatoms. The Morgan fingerprint density at radius 3 is 2.59 bits per heavy atom. The maximum atomic E-state index is 11.4. The molecule has 5 rings (SSSR count). The van der Waals surface area contributed by atoms with Gasteiger partial charge >= 0.3 is 0 Å². The van der Waals surface area contributed by atoms with E-state index in [0.29, 0.717) is 17.9 Å². The van der Waals surface area contributed by atoms with Gasteiger partial charge in [-0.05, 0) is 36.4 Å². The molecule has 0 radical (unpaired) electrons. The van der Waals surface area contributed by atoms with Gasteiger partial charge in [-0.15, -0.1) is 0 Å². The van der Waals surface area contributed by atoms with E-state index in [0.717, 1.165) is 38.8 Å². The molecule has 2 N–H and O–H groups in total. The van der Waals surface area contributed by atoms with Gasteiger partial charge in [0.25, 0.3) is 0 Å². The summed E-state index contributed by atoms with van der Waals surface area (Å²) in [6, 6.07) is 7.19. The van der Waals surface area contributed by atoms with Crippen molar-refractivity contribution in [2.24, 2.45) is 11.8 Å². The van der Waals surface area contributed by atoms with Crippen molar-refractivity contribution in [3.63, 3.8) is 0 Å². The van der Waals surface area contributed by atoms with Gasteiger partial charge in [-0.2, -0.15) is 0 Å². The van der Waals surface area contributed by atoms with Crippen molar-refractivity contribution in [3.05, 3.63) is 35.9 Å². The Balaban J connectivity index is 0.000000568. The van der Waals surface area contributed by atoms with E-state index in [9.17, 15) is 5.11 Å². The molecule has 1 aromatic carbocycles. The van der Waals surface area contributed by atoms with E-state index in [4.69, 9.17) is 9.84 Å². The fourth-order valence-electron chi connectivity index (χ4n) is 6.67. The molecule has 1 saturated carbocycles. The van der Waals surface area contributed by atoms with E-state index < -0.39 is 0 Å². The van der Waals surface area contributed by atoms with E-state index in [-0.39, 0.29) is 17.6 Å². The van der Waals surface area contributed by atoms with E-state index >= 15 is 0 Å². The van der Waals surface area contributed by atoms with Crippen molar-refractivity contribution in [3.8, 4) is 5.75 Å². The van der Waals surface area contributed by atoms with Crippen LogP contribution >= 0.6 is 0 Å². The molecule has 1 saturated heterocycles. The molecule has 3 heterocycles. The molecule has 29 heavy (non-hydrogen) atoms. The van der Waals surface area contributed by atoms with Crippen LogP contribution in [0.1, 0.15) is 39.2 Å². The Morgan fingerprint density at radius 2 is 1.93 bits per heavy atom. The van der Waals surface area contributed by atoms with Gasteiger partial charge in [0.2, 0.25) is 0 Å². The lowest BCUT2D eigenvalue weighted by molar-refractivity contribution is -0.0417. The molecule has 1 spiro atoms. The summed E-state index contributed by atoms with van der Waals surface area (Å²) in [5, 5.41) is 18.4. The zero-order valence-electron chi connectivity index (χ0n) is 18.8. The molecular weight excluding hydrogens is 364 g/mol. The van der Waals surface area contributed by atoms with Crippen molar-refractivity contribution in [1.82, 2.24) is 4.90 Å². The quantitative estimate of drug-likeness (QED) is 0.745. The molecule has 1 aromatic rings. The molecule has 0 amide bonds. The highest BCUT2D eigenvalue weighted by Crippen LogP contribution is 2.61.